The molecule has 0 bridgehead atoms. The summed E-state index contributed by atoms with van der Waals surface area (Å²) in [6.07, 6.45) is 3.35. The number of aromatic nitrogens is 2. The van der Waals surface area contributed by atoms with Gasteiger partial charge in [0.2, 0.25) is 5.88 Å². The lowest BCUT2D eigenvalue weighted by Gasteiger charge is -2.36. The van der Waals surface area contributed by atoms with E-state index in [0.717, 1.165) is 12.0 Å². The Bertz CT molecular complexity index is 1250. The van der Waals surface area contributed by atoms with Crippen molar-refractivity contribution in [3.8, 4) is 23.1 Å². The summed E-state index contributed by atoms with van der Waals surface area (Å²) in [4.78, 5) is 10.2. The van der Waals surface area contributed by atoms with E-state index in [1.54, 1.807) is 24.1 Å². The van der Waals surface area contributed by atoms with Gasteiger partial charge in [-0.3, -0.25) is 0 Å². The van der Waals surface area contributed by atoms with Crippen LogP contribution < -0.4 is 14.2 Å². The van der Waals surface area contributed by atoms with E-state index in [0.29, 0.717) is 28.9 Å². The van der Waals surface area contributed by atoms with Crippen molar-refractivity contribution in [1.82, 2.24) is 14.9 Å². The van der Waals surface area contributed by atoms with Gasteiger partial charge in [-0.1, -0.05) is 17.7 Å². The zero-order chi connectivity index (χ0) is 23.2. The van der Waals surface area contributed by atoms with Crippen LogP contribution in [0.3, 0.4) is 0 Å². The van der Waals surface area contributed by atoms with Crippen LogP contribution in [0.1, 0.15) is 24.5 Å². The molecule has 33 heavy (non-hydrogen) atoms. The number of piperidine rings is 1. The topological polar surface area (TPSA) is 56.7 Å². The minimum absolute atomic E-state index is 0.197. The molecule has 0 N–H and O–H groups in total. The van der Waals surface area contributed by atoms with Crippen molar-refractivity contribution >= 4 is 17.0 Å². The number of hydrogen-bond donors (Lipinski definition) is 0. The third-order valence-electron chi connectivity index (χ3n) is 6.07. The van der Waals surface area contributed by atoms with E-state index < -0.39 is 12.0 Å². The van der Waals surface area contributed by atoms with E-state index in [9.17, 15) is 8.78 Å². The number of methoxy groups -OCH3 is 1. The highest BCUT2D eigenvalue weighted by molar-refractivity contribution is 5.91. The summed E-state index contributed by atoms with van der Waals surface area (Å²) in [5, 5.41) is 0.431. The van der Waals surface area contributed by atoms with Crippen molar-refractivity contribution in [2.75, 3.05) is 27.2 Å². The maximum absolute atomic E-state index is 14.7. The Kier molecular flexibility index (Phi) is 5.40. The standard InChI is InChI=1S/C25H25F2N3O3/c1-15-8-16-4-5-18(10-17(16)9-15)32-24-23-20(28-14-29-24)11-19(31-3)12-21(23)33-22-6-7-30(2)13-25(22,26)27/h4-5,9-12,14,22H,6-8,13H2,1-3H3/t22-/m1/s1. The van der Waals surface area contributed by atoms with Gasteiger partial charge in [0, 0.05) is 25.1 Å². The molecule has 1 fully saturated rings. The molecule has 2 aromatic carbocycles. The van der Waals surface area contributed by atoms with Gasteiger partial charge in [0.1, 0.15) is 29.0 Å². The molecule has 8 heteroatoms. The molecule has 0 unspecified atom stereocenters. The molecule has 1 aliphatic carbocycles. The molecular weight excluding hydrogens is 428 g/mol. The number of halogens is 2. The number of ether oxygens (including phenoxy) is 3. The zero-order valence-corrected chi connectivity index (χ0v) is 18.8. The number of nitrogens with zero attached hydrogens (tertiary/aromatic N) is 3. The Morgan fingerprint density at radius 1 is 1.12 bits per heavy atom. The van der Waals surface area contributed by atoms with Gasteiger partial charge in [0.05, 0.1) is 19.2 Å². The van der Waals surface area contributed by atoms with Gasteiger partial charge in [-0.25, -0.2) is 18.7 Å². The number of alkyl halides is 2. The lowest BCUT2D eigenvalue weighted by molar-refractivity contribution is -0.134. The fourth-order valence-electron chi connectivity index (χ4n) is 4.44. The summed E-state index contributed by atoms with van der Waals surface area (Å²) in [7, 11) is 3.19. The molecule has 2 heterocycles. The van der Waals surface area contributed by atoms with E-state index in [-0.39, 0.29) is 24.6 Å². The van der Waals surface area contributed by atoms with Crippen LogP contribution in [0.4, 0.5) is 8.78 Å². The Morgan fingerprint density at radius 3 is 2.76 bits per heavy atom. The van der Waals surface area contributed by atoms with Crippen molar-refractivity contribution in [2.45, 2.75) is 31.8 Å². The predicted octanol–water partition coefficient (Wildman–Crippen LogP) is 5.11. The fraction of sp³-hybridized carbons (Fsp3) is 0.360. The second kappa shape index (κ2) is 8.26. The molecule has 1 saturated heterocycles. The average Bonchev–Trinajstić information content (AvgIpc) is 3.14. The van der Waals surface area contributed by atoms with E-state index in [1.165, 1.54) is 24.6 Å². The smallest absolute Gasteiger partial charge is 0.296 e. The minimum atomic E-state index is -3.00. The van der Waals surface area contributed by atoms with E-state index in [4.69, 9.17) is 14.2 Å². The summed E-state index contributed by atoms with van der Waals surface area (Å²) < 4.78 is 46.9. The summed E-state index contributed by atoms with van der Waals surface area (Å²) in [5.41, 5.74) is 4.12. The van der Waals surface area contributed by atoms with Crippen molar-refractivity contribution in [3.63, 3.8) is 0 Å². The van der Waals surface area contributed by atoms with Crippen LogP contribution in [0.15, 0.2) is 42.2 Å². The number of rotatable bonds is 5. The molecular formula is C25H25F2N3O3. The number of likely N-dealkylation sites (tertiary alicyclic amines) is 1. The maximum Gasteiger partial charge on any atom is 0.296 e. The first kappa shape index (κ1) is 21.6. The normalized spacial score (nSPS) is 19.8. The molecule has 0 saturated carbocycles. The zero-order valence-electron chi connectivity index (χ0n) is 18.8. The first-order valence-electron chi connectivity index (χ1n) is 10.9. The van der Waals surface area contributed by atoms with Crippen molar-refractivity contribution in [1.29, 1.82) is 0 Å². The number of benzene rings is 2. The predicted molar refractivity (Wildman–Crippen MR) is 121 cm³/mol. The van der Waals surface area contributed by atoms with Gasteiger partial charge in [-0.05, 0) is 43.7 Å². The molecule has 1 atom stereocenters. The second-order valence-electron chi connectivity index (χ2n) is 8.72. The number of allylic oxidation sites excluding steroid dienone is 1. The van der Waals surface area contributed by atoms with Gasteiger partial charge in [-0.15, -0.1) is 0 Å². The molecule has 3 aromatic rings. The number of fused-ring (bicyclic) bond motifs is 2. The monoisotopic (exact) mass is 453 g/mol. The molecule has 1 aliphatic heterocycles. The molecule has 5 rings (SSSR count). The third kappa shape index (κ3) is 4.23. The Hall–Kier alpha value is -3.26. The highest BCUT2D eigenvalue weighted by Crippen LogP contribution is 2.40. The SMILES string of the molecule is COc1cc(O[C@@H]2CCN(C)CC2(F)F)c2c(Oc3ccc4c(c3)C=C(C)C4)ncnc2c1. The molecule has 0 spiro atoms. The summed E-state index contributed by atoms with van der Waals surface area (Å²) >= 11 is 0. The lowest BCUT2D eigenvalue weighted by Crippen LogP contribution is -2.52. The van der Waals surface area contributed by atoms with Crippen LogP contribution >= 0.6 is 0 Å². The number of hydrogen-bond acceptors (Lipinski definition) is 6. The van der Waals surface area contributed by atoms with Gasteiger partial charge >= 0.3 is 0 Å². The highest BCUT2D eigenvalue weighted by atomic mass is 19.3. The summed E-state index contributed by atoms with van der Waals surface area (Å²) in [6.45, 7) is 2.25. The maximum atomic E-state index is 14.7. The second-order valence-corrected chi connectivity index (χ2v) is 8.72. The van der Waals surface area contributed by atoms with Gasteiger partial charge in [-0.2, -0.15) is 0 Å². The van der Waals surface area contributed by atoms with Crippen molar-refractivity contribution < 1.29 is 23.0 Å². The summed E-state index contributed by atoms with van der Waals surface area (Å²) in [6, 6.07) is 9.16. The molecule has 6 nitrogen and oxygen atoms in total. The van der Waals surface area contributed by atoms with E-state index >= 15 is 0 Å². The van der Waals surface area contributed by atoms with Gasteiger partial charge < -0.3 is 19.1 Å². The van der Waals surface area contributed by atoms with E-state index in [2.05, 4.69) is 23.0 Å². The largest absolute Gasteiger partial charge is 0.497 e. The van der Waals surface area contributed by atoms with Crippen LogP contribution in [-0.2, 0) is 6.42 Å². The first-order valence-corrected chi connectivity index (χ1v) is 10.9. The Labute approximate surface area is 190 Å². The van der Waals surface area contributed by atoms with Gasteiger partial charge in [0.25, 0.3) is 5.92 Å². The third-order valence-corrected chi connectivity index (χ3v) is 6.07. The van der Waals surface area contributed by atoms with Crippen molar-refractivity contribution in [2.24, 2.45) is 0 Å². The Morgan fingerprint density at radius 2 is 1.97 bits per heavy atom. The lowest BCUT2D eigenvalue weighted by atomic mass is 10.0. The molecule has 2 aliphatic rings. The average molecular weight is 453 g/mol. The molecule has 0 radical (unpaired) electrons. The molecule has 1 aromatic heterocycles. The highest BCUT2D eigenvalue weighted by Gasteiger charge is 2.45. The summed E-state index contributed by atoms with van der Waals surface area (Å²) in [5.74, 6) is -1.48. The Balaban J connectivity index is 1.54. The fourth-order valence-corrected chi connectivity index (χ4v) is 4.44. The van der Waals surface area contributed by atoms with Crippen LogP contribution in [0.2, 0.25) is 0 Å². The van der Waals surface area contributed by atoms with E-state index in [1.807, 2.05) is 18.2 Å². The molecule has 0 amide bonds. The van der Waals surface area contributed by atoms with Crippen LogP contribution in [0, 0.1) is 0 Å². The van der Waals surface area contributed by atoms with Crippen LogP contribution in [0.5, 0.6) is 23.1 Å². The van der Waals surface area contributed by atoms with Crippen LogP contribution in [-0.4, -0.2) is 54.1 Å². The van der Waals surface area contributed by atoms with Gasteiger partial charge in [0.15, 0.2) is 6.10 Å². The first-order chi connectivity index (χ1) is 15.8. The quantitative estimate of drug-likeness (QED) is 0.535. The van der Waals surface area contributed by atoms with Crippen molar-refractivity contribution in [3.05, 3.63) is 53.4 Å². The van der Waals surface area contributed by atoms with Crippen LogP contribution in [0.25, 0.3) is 17.0 Å². The minimum Gasteiger partial charge on any atom is -0.497 e. The molecule has 172 valence electrons.